The van der Waals surface area contributed by atoms with Crippen LogP contribution in [-0.4, -0.2) is 16.1 Å². The van der Waals surface area contributed by atoms with E-state index in [1.807, 2.05) is 30.3 Å². The van der Waals surface area contributed by atoms with Crippen molar-refractivity contribution in [2.45, 2.75) is 19.0 Å². The first kappa shape index (κ1) is 17.7. The fourth-order valence-electron chi connectivity index (χ4n) is 2.24. The Balaban J connectivity index is 1.54. The molecule has 8 heteroatoms. The van der Waals surface area contributed by atoms with Crippen LogP contribution in [0.5, 0.6) is 0 Å². The molecule has 1 N–H and O–H groups in total. The number of hydrogen-bond acceptors (Lipinski definition) is 4. The van der Waals surface area contributed by atoms with Gasteiger partial charge in [-0.3, -0.25) is 4.79 Å². The molecular formula is C18H14F3N3O2. The second-order valence-electron chi connectivity index (χ2n) is 5.49. The zero-order chi connectivity index (χ0) is 18.6. The molecule has 0 saturated carbocycles. The van der Waals surface area contributed by atoms with Gasteiger partial charge in [-0.1, -0.05) is 18.2 Å². The summed E-state index contributed by atoms with van der Waals surface area (Å²) in [5.74, 6) is 0.319. The fraction of sp³-hybridized carbons (Fsp3) is 0.167. The van der Waals surface area contributed by atoms with Crippen LogP contribution in [0.2, 0.25) is 0 Å². The van der Waals surface area contributed by atoms with Gasteiger partial charge in [-0.15, -0.1) is 10.2 Å². The maximum absolute atomic E-state index is 12.5. The molecule has 26 heavy (non-hydrogen) atoms. The normalized spacial score (nSPS) is 11.3. The van der Waals surface area contributed by atoms with E-state index in [-0.39, 0.29) is 18.7 Å². The third kappa shape index (κ3) is 4.47. The number of nitrogens with one attached hydrogen (secondary N) is 1. The van der Waals surface area contributed by atoms with Gasteiger partial charge in [-0.2, -0.15) is 13.2 Å². The Morgan fingerprint density at radius 1 is 1.00 bits per heavy atom. The van der Waals surface area contributed by atoms with Crippen molar-refractivity contribution in [3.05, 3.63) is 66.1 Å². The molecule has 0 unspecified atom stereocenters. The zero-order valence-electron chi connectivity index (χ0n) is 13.5. The lowest BCUT2D eigenvalue weighted by atomic mass is 10.2. The molecule has 0 saturated heterocycles. The molecule has 0 aliphatic heterocycles. The highest BCUT2D eigenvalue weighted by molar-refractivity contribution is 5.90. The van der Waals surface area contributed by atoms with Gasteiger partial charge in [0.25, 0.3) is 0 Å². The van der Waals surface area contributed by atoms with E-state index < -0.39 is 11.7 Å². The van der Waals surface area contributed by atoms with Crippen molar-refractivity contribution in [2.75, 3.05) is 5.32 Å². The van der Waals surface area contributed by atoms with Gasteiger partial charge in [0.05, 0.1) is 5.56 Å². The number of rotatable bonds is 5. The Bertz CT molecular complexity index is 875. The largest absolute Gasteiger partial charge is 0.421 e. The van der Waals surface area contributed by atoms with Crippen molar-refractivity contribution >= 4 is 11.6 Å². The maximum atomic E-state index is 12.5. The van der Waals surface area contributed by atoms with E-state index in [4.69, 9.17) is 4.42 Å². The quantitative estimate of drug-likeness (QED) is 0.735. The second kappa shape index (κ2) is 7.38. The second-order valence-corrected chi connectivity index (χ2v) is 5.49. The first-order valence-electron chi connectivity index (χ1n) is 7.77. The van der Waals surface area contributed by atoms with Crippen molar-refractivity contribution in [2.24, 2.45) is 0 Å². The number of alkyl halides is 3. The van der Waals surface area contributed by atoms with E-state index in [1.165, 1.54) is 12.1 Å². The fourth-order valence-corrected chi connectivity index (χ4v) is 2.24. The molecule has 1 heterocycles. The molecule has 3 rings (SSSR count). The van der Waals surface area contributed by atoms with Gasteiger partial charge >= 0.3 is 6.18 Å². The van der Waals surface area contributed by atoms with E-state index in [9.17, 15) is 18.0 Å². The molecule has 0 fully saturated rings. The number of hydrogen-bond donors (Lipinski definition) is 1. The molecule has 2 aromatic carbocycles. The predicted molar refractivity (Wildman–Crippen MR) is 88.1 cm³/mol. The summed E-state index contributed by atoms with van der Waals surface area (Å²) in [7, 11) is 0. The molecule has 1 aromatic heterocycles. The van der Waals surface area contributed by atoms with E-state index >= 15 is 0 Å². The van der Waals surface area contributed by atoms with Crippen LogP contribution in [0.15, 0.2) is 59.0 Å². The first-order valence-corrected chi connectivity index (χ1v) is 7.77. The Hall–Kier alpha value is -3.16. The lowest BCUT2D eigenvalue weighted by Gasteiger charge is -2.08. The molecule has 134 valence electrons. The van der Waals surface area contributed by atoms with Crippen LogP contribution < -0.4 is 5.32 Å². The highest BCUT2D eigenvalue weighted by Crippen LogP contribution is 2.29. The van der Waals surface area contributed by atoms with Crippen LogP contribution in [0.3, 0.4) is 0 Å². The SMILES string of the molecule is O=C(CCc1nnc(-c2ccccc2)o1)Nc1ccc(C(F)(F)F)cc1. The Kier molecular flexibility index (Phi) is 5.01. The summed E-state index contributed by atoms with van der Waals surface area (Å²) in [6.07, 6.45) is -4.11. The van der Waals surface area contributed by atoms with Crippen LogP contribution in [0.1, 0.15) is 17.9 Å². The molecule has 0 atom stereocenters. The van der Waals surface area contributed by atoms with Crippen molar-refractivity contribution in [1.82, 2.24) is 10.2 Å². The molecule has 0 spiro atoms. The molecule has 0 aliphatic rings. The van der Waals surface area contributed by atoms with E-state index in [2.05, 4.69) is 15.5 Å². The van der Waals surface area contributed by atoms with Crippen molar-refractivity contribution in [3.63, 3.8) is 0 Å². The van der Waals surface area contributed by atoms with Gasteiger partial charge in [0, 0.05) is 24.1 Å². The monoisotopic (exact) mass is 361 g/mol. The number of halogens is 3. The third-order valence-corrected chi connectivity index (χ3v) is 3.55. The smallest absolute Gasteiger partial charge is 0.416 e. The predicted octanol–water partition coefficient (Wildman–Crippen LogP) is 4.33. The summed E-state index contributed by atoms with van der Waals surface area (Å²) < 4.78 is 43.0. The first-order chi connectivity index (χ1) is 12.4. The third-order valence-electron chi connectivity index (χ3n) is 3.55. The average molecular weight is 361 g/mol. The van der Waals surface area contributed by atoms with Gasteiger partial charge in [-0.25, -0.2) is 0 Å². The standard InChI is InChI=1S/C18H14F3N3O2/c19-18(20,21)13-6-8-14(9-7-13)22-15(25)10-11-16-23-24-17(26-16)12-4-2-1-3-5-12/h1-9H,10-11H2,(H,22,25). The van der Waals surface area contributed by atoms with Crippen LogP contribution >= 0.6 is 0 Å². The van der Waals surface area contributed by atoms with Gasteiger partial charge < -0.3 is 9.73 Å². The summed E-state index contributed by atoms with van der Waals surface area (Å²) in [5, 5.41) is 10.3. The van der Waals surface area contributed by atoms with Gasteiger partial charge in [0.15, 0.2) is 0 Å². The Morgan fingerprint density at radius 2 is 1.69 bits per heavy atom. The van der Waals surface area contributed by atoms with Crippen LogP contribution in [-0.2, 0) is 17.4 Å². The lowest BCUT2D eigenvalue weighted by molar-refractivity contribution is -0.137. The molecule has 0 bridgehead atoms. The summed E-state index contributed by atoms with van der Waals surface area (Å²) in [6, 6.07) is 13.5. The molecule has 3 aromatic rings. The summed E-state index contributed by atoms with van der Waals surface area (Å²) in [5.41, 5.74) is 0.300. The number of amides is 1. The minimum absolute atomic E-state index is 0.0669. The van der Waals surface area contributed by atoms with E-state index in [0.717, 1.165) is 17.7 Å². The van der Waals surface area contributed by atoms with Crippen molar-refractivity contribution in [3.8, 4) is 11.5 Å². The molecule has 1 amide bonds. The molecule has 0 aliphatic carbocycles. The molecule has 0 radical (unpaired) electrons. The van der Waals surface area contributed by atoms with Crippen molar-refractivity contribution in [1.29, 1.82) is 0 Å². The number of nitrogens with zero attached hydrogens (tertiary/aromatic N) is 2. The maximum Gasteiger partial charge on any atom is 0.416 e. The number of aryl methyl sites for hydroxylation is 1. The van der Waals surface area contributed by atoms with Gasteiger partial charge in [0.2, 0.25) is 17.7 Å². The van der Waals surface area contributed by atoms with Crippen LogP contribution in [0.4, 0.5) is 18.9 Å². The Morgan fingerprint density at radius 3 is 2.35 bits per heavy atom. The van der Waals surface area contributed by atoms with Crippen LogP contribution in [0, 0.1) is 0 Å². The molecule has 5 nitrogen and oxygen atoms in total. The number of benzene rings is 2. The number of anilines is 1. The highest BCUT2D eigenvalue weighted by Gasteiger charge is 2.29. The lowest BCUT2D eigenvalue weighted by Crippen LogP contribution is -2.13. The number of carbonyl (C=O) groups is 1. The van der Waals surface area contributed by atoms with Gasteiger partial charge in [-0.05, 0) is 36.4 Å². The minimum atomic E-state index is -4.41. The van der Waals surface area contributed by atoms with Crippen molar-refractivity contribution < 1.29 is 22.4 Å². The molecular weight excluding hydrogens is 347 g/mol. The van der Waals surface area contributed by atoms with E-state index in [1.54, 1.807) is 0 Å². The highest BCUT2D eigenvalue weighted by atomic mass is 19.4. The zero-order valence-corrected chi connectivity index (χ0v) is 13.5. The minimum Gasteiger partial charge on any atom is -0.421 e. The average Bonchev–Trinajstić information content (AvgIpc) is 3.09. The summed E-state index contributed by atoms with van der Waals surface area (Å²) >= 11 is 0. The van der Waals surface area contributed by atoms with E-state index in [0.29, 0.717) is 17.5 Å². The van der Waals surface area contributed by atoms with Gasteiger partial charge in [0.1, 0.15) is 0 Å². The number of carbonyl (C=O) groups excluding carboxylic acids is 1. The number of aromatic nitrogens is 2. The van der Waals surface area contributed by atoms with Crippen LogP contribution in [0.25, 0.3) is 11.5 Å². The Labute approximate surface area is 146 Å². The topological polar surface area (TPSA) is 68.0 Å². The summed E-state index contributed by atoms with van der Waals surface area (Å²) in [6.45, 7) is 0. The summed E-state index contributed by atoms with van der Waals surface area (Å²) in [4.78, 5) is 11.9.